The van der Waals surface area contributed by atoms with E-state index in [1.165, 1.54) is 5.56 Å². The van der Waals surface area contributed by atoms with Crippen molar-refractivity contribution in [2.75, 3.05) is 31.1 Å². The van der Waals surface area contributed by atoms with E-state index in [-0.39, 0.29) is 12.1 Å². The first-order valence-corrected chi connectivity index (χ1v) is 8.75. The van der Waals surface area contributed by atoms with Crippen LogP contribution in [0.1, 0.15) is 10.6 Å². The number of nitrogens with zero attached hydrogens (tertiary/aromatic N) is 4. The van der Waals surface area contributed by atoms with Crippen LogP contribution in [-0.2, 0) is 6.42 Å². The van der Waals surface area contributed by atoms with Gasteiger partial charge >= 0.3 is 6.03 Å². The van der Waals surface area contributed by atoms with Gasteiger partial charge in [0.15, 0.2) is 0 Å². The Bertz CT molecular complexity index is 719. The predicted molar refractivity (Wildman–Crippen MR) is 90.3 cm³/mol. The molecule has 1 aromatic carbocycles. The minimum atomic E-state index is 0.0512. The van der Waals surface area contributed by atoms with Crippen LogP contribution in [0.15, 0.2) is 24.3 Å². The van der Waals surface area contributed by atoms with Crippen molar-refractivity contribution in [2.45, 2.75) is 12.5 Å². The number of hydrogen-bond acceptors (Lipinski definition) is 5. The van der Waals surface area contributed by atoms with Crippen LogP contribution in [-0.4, -0.2) is 53.3 Å². The first-order chi connectivity index (χ1) is 11.2. The van der Waals surface area contributed by atoms with E-state index in [0.29, 0.717) is 6.54 Å². The highest BCUT2D eigenvalue weighted by atomic mass is 35.5. The van der Waals surface area contributed by atoms with Gasteiger partial charge in [0.2, 0.25) is 5.13 Å². The Morgan fingerprint density at radius 3 is 2.91 bits per heavy atom. The molecule has 0 saturated carbocycles. The predicted octanol–water partition coefficient (Wildman–Crippen LogP) is 2.00. The monoisotopic (exact) mass is 349 g/mol. The first-order valence-electron chi connectivity index (χ1n) is 7.55. The van der Waals surface area contributed by atoms with E-state index >= 15 is 0 Å². The third kappa shape index (κ3) is 2.98. The van der Waals surface area contributed by atoms with Crippen molar-refractivity contribution in [1.29, 1.82) is 0 Å². The lowest BCUT2D eigenvalue weighted by Gasteiger charge is -2.35. The summed E-state index contributed by atoms with van der Waals surface area (Å²) in [5, 5.41) is 14.2. The van der Waals surface area contributed by atoms with Crippen LogP contribution >= 0.6 is 22.9 Å². The van der Waals surface area contributed by atoms with Crippen molar-refractivity contribution in [3.05, 3.63) is 39.9 Å². The molecule has 2 fully saturated rings. The zero-order valence-electron chi connectivity index (χ0n) is 12.4. The summed E-state index contributed by atoms with van der Waals surface area (Å²) in [6.45, 7) is 3.07. The maximum Gasteiger partial charge on any atom is 0.317 e. The Balaban J connectivity index is 1.44. The fraction of sp³-hybridized carbons (Fsp3) is 0.400. The minimum absolute atomic E-state index is 0.0512. The van der Waals surface area contributed by atoms with E-state index < -0.39 is 0 Å². The molecule has 6 nitrogen and oxygen atoms in total. The van der Waals surface area contributed by atoms with E-state index in [1.54, 1.807) is 11.3 Å². The lowest BCUT2D eigenvalue weighted by atomic mass is 10.2. The minimum Gasteiger partial charge on any atom is -0.343 e. The number of carbonyl (C=O) groups is 1. The Morgan fingerprint density at radius 2 is 2.09 bits per heavy atom. The van der Waals surface area contributed by atoms with Gasteiger partial charge in [-0.3, -0.25) is 0 Å². The van der Waals surface area contributed by atoms with E-state index in [0.717, 1.165) is 41.2 Å². The molecule has 1 N–H and O–H groups in total. The quantitative estimate of drug-likeness (QED) is 0.920. The van der Waals surface area contributed by atoms with Gasteiger partial charge in [-0.1, -0.05) is 35.1 Å². The van der Waals surface area contributed by atoms with Gasteiger partial charge in [-0.25, -0.2) is 4.79 Å². The number of benzene rings is 1. The van der Waals surface area contributed by atoms with Crippen molar-refractivity contribution in [3.63, 3.8) is 0 Å². The molecule has 1 atom stereocenters. The maximum atomic E-state index is 11.6. The Hall–Kier alpha value is -1.86. The molecule has 2 aliphatic heterocycles. The number of fused-ring (bicyclic) bond motifs is 1. The third-order valence-corrected chi connectivity index (χ3v) is 5.46. The summed E-state index contributed by atoms with van der Waals surface area (Å²) in [4.78, 5) is 15.8. The molecule has 3 heterocycles. The van der Waals surface area contributed by atoms with Crippen molar-refractivity contribution in [2.24, 2.45) is 0 Å². The van der Waals surface area contributed by atoms with Gasteiger partial charge < -0.3 is 15.1 Å². The summed E-state index contributed by atoms with van der Waals surface area (Å²) >= 11 is 7.53. The molecule has 120 valence electrons. The van der Waals surface area contributed by atoms with Crippen LogP contribution in [0.5, 0.6) is 0 Å². The number of carbonyl (C=O) groups excluding carboxylic acids is 1. The van der Waals surface area contributed by atoms with Crippen LogP contribution in [0.2, 0.25) is 5.02 Å². The molecule has 1 aromatic heterocycles. The number of anilines is 1. The van der Waals surface area contributed by atoms with Gasteiger partial charge in [0.25, 0.3) is 0 Å². The lowest BCUT2D eigenvalue weighted by molar-refractivity contribution is 0.197. The van der Waals surface area contributed by atoms with Crippen molar-refractivity contribution in [1.82, 2.24) is 20.4 Å². The Morgan fingerprint density at radius 1 is 1.26 bits per heavy atom. The highest BCUT2D eigenvalue weighted by Crippen LogP contribution is 2.26. The van der Waals surface area contributed by atoms with Crippen LogP contribution < -0.4 is 10.2 Å². The fourth-order valence-corrected chi connectivity index (χ4v) is 4.03. The van der Waals surface area contributed by atoms with Gasteiger partial charge in [-0.05, 0) is 17.7 Å². The Kier molecular flexibility index (Phi) is 3.82. The molecular formula is C15H16ClN5OS. The van der Waals surface area contributed by atoms with Crippen LogP contribution in [0.3, 0.4) is 0 Å². The summed E-state index contributed by atoms with van der Waals surface area (Å²) in [7, 11) is 0. The van der Waals surface area contributed by atoms with E-state index in [9.17, 15) is 4.79 Å². The summed E-state index contributed by atoms with van der Waals surface area (Å²) in [6, 6.07) is 8.09. The standard InChI is InChI=1S/C15H16ClN5OS/c16-11-3-1-10(2-4-11)7-13-18-19-15(23-13)20-5-6-21-12(9-20)8-17-14(21)22/h1-4,12H,5-9H2,(H,17,22). The highest BCUT2D eigenvalue weighted by molar-refractivity contribution is 7.15. The topological polar surface area (TPSA) is 61.4 Å². The van der Waals surface area contributed by atoms with Gasteiger partial charge in [-0.2, -0.15) is 0 Å². The number of hydrogen-bond donors (Lipinski definition) is 1. The number of aromatic nitrogens is 2. The van der Waals surface area contributed by atoms with E-state index in [4.69, 9.17) is 11.6 Å². The molecule has 4 rings (SSSR count). The highest BCUT2D eigenvalue weighted by Gasteiger charge is 2.36. The van der Waals surface area contributed by atoms with Gasteiger partial charge in [-0.15, -0.1) is 10.2 Å². The van der Waals surface area contributed by atoms with Gasteiger partial charge in [0.05, 0.1) is 6.04 Å². The summed E-state index contributed by atoms with van der Waals surface area (Å²) in [6.07, 6.45) is 0.762. The number of amides is 2. The first kappa shape index (κ1) is 14.7. The average molecular weight is 350 g/mol. The van der Waals surface area contributed by atoms with Crippen LogP contribution in [0.25, 0.3) is 0 Å². The lowest BCUT2D eigenvalue weighted by Crippen LogP contribution is -2.52. The fourth-order valence-electron chi connectivity index (χ4n) is 3.00. The van der Waals surface area contributed by atoms with Crippen molar-refractivity contribution < 1.29 is 4.79 Å². The molecular weight excluding hydrogens is 334 g/mol. The molecule has 2 saturated heterocycles. The van der Waals surface area contributed by atoms with Crippen LogP contribution in [0.4, 0.5) is 9.93 Å². The third-order valence-electron chi connectivity index (χ3n) is 4.23. The summed E-state index contributed by atoms with van der Waals surface area (Å²) in [5.41, 5.74) is 1.17. The van der Waals surface area contributed by atoms with E-state index in [2.05, 4.69) is 20.4 Å². The van der Waals surface area contributed by atoms with Crippen molar-refractivity contribution >= 4 is 34.1 Å². The second-order valence-corrected chi connectivity index (χ2v) is 7.24. The molecule has 8 heteroatoms. The average Bonchev–Trinajstić information content (AvgIpc) is 3.17. The number of rotatable bonds is 3. The smallest absolute Gasteiger partial charge is 0.317 e. The second-order valence-electron chi connectivity index (χ2n) is 5.76. The molecule has 0 radical (unpaired) electrons. The summed E-state index contributed by atoms with van der Waals surface area (Å²) < 4.78 is 0. The molecule has 2 aliphatic rings. The largest absolute Gasteiger partial charge is 0.343 e. The second kappa shape index (κ2) is 5.98. The van der Waals surface area contributed by atoms with E-state index in [1.807, 2.05) is 29.2 Å². The molecule has 23 heavy (non-hydrogen) atoms. The zero-order chi connectivity index (χ0) is 15.8. The summed E-state index contributed by atoms with van der Waals surface area (Å²) in [5.74, 6) is 0. The SMILES string of the molecule is O=C1NCC2CN(c3nnc(Cc4ccc(Cl)cc4)s3)CCN12. The van der Waals surface area contributed by atoms with Gasteiger partial charge in [0.1, 0.15) is 5.01 Å². The number of urea groups is 1. The molecule has 0 spiro atoms. The molecule has 0 bridgehead atoms. The van der Waals surface area contributed by atoms with Gasteiger partial charge in [0, 0.05) is 37.6 Å². The van der Waals surface area contributed by atoms with Crippen LogP contribution in [0, 0.1) is 0 Å². The molecule has 2 aromatic rings. The number of piperazine rings is 1. The molecule has 1 unspecified atom stereocenters. The molecule has 2 amide bonds. The molecule has 0 aliphatic carbocycles. The Labute approximate surface area is 143 Å². The number of halogens is 1. The number of nitrogens with one attached hydrogen (secondary N) is 1. The normalized spacial score (nSPS) is 20.6. The van der Waals surface area contributed by atoms with Crippen molar-refractivity contribution in [3.8, 4) is 0 Å². The maximum absolute atomic E-state index is 11.6. The zero-order valence-corrected chi connectivity index (χ0v) is 14.0.